The van der Waals surface area contributed by atoms with E-state index in [1.807, 2.05) is 61.7 Å². The Labute approximate surface area is 191 Å². The van der Waals surface area contributed by atoms with E-state index in [9.17, 15) is 9.59 Å². The number of benzene rings is 2. The van der Waals surface area contributed by atoms with Gasteiger partial charge in [0.05, 0.1) is 13.2 Å². The second kappa shape index (κ2) is 9.70. The van der Waals surface area contributed by atoms with Crippen LogP contribution in [0.25, 0.3) is 22.3 Å². The first-order valence-corrected chi connectivity index (χ1v) is 10.7. The molecular formula is C25H27N5O3. The third-order valence-electron chi connectivity index (χ3n) is 5.63. The van der Waals surface area contributed by atoms with Crippen molar-refractivity contribution >= 4 is 22.8 Å². The SMILES string of the molecule is COC(=O)[C@H](Cc1cnc(-c2ccc(C)cc2)[nH]1)NC(=O)[C@@H](N)Cc1c[nH]c2ccccc12. The second-order valence-corrected chi connectivity index (χ2v) is 8.08. The normalized spacial score (nSPS) is 12.9. The maximum atomic E-state index is 12.8. The van der Waals surface area contributed by atoms with Crippen molar-refractivity contribution in [2.45, 2.75) is 31.8 Å². The number of amides is 1. The Balaban J connectivity index is 1.43. The predicted octanol–water partition coefficient (Wildman–Crippen LogP) is 2.64. The zero-order valence-corrected chi connectivity index (χ0v) is 18.6. The smallest absolute Gasteiger partial charge is 0.328 e. The van der Waals surface area contributed by atoms with Gasteiger partial charge in [-0.1, -0.05) is 48.0 Å². The van der Waals surface area contributed by atoms with E-state index >= 15 is 0 Å². The number of hydrogen-bond donors (Lipinski definition) is 4. The van der Waals surface area contributed by atoms with Crippen LogP contribution >= 0.6 is 0 Å². The molecule has 0 aliphatic heterocycles. The van der Waals surface area contributed by atoms with Crippen LogP contribution < -0.4 is 11.1 Å². The van der Waals surface area contributed by atoms with E-state index in [1.54, 1.807) is 6.20 Å². The topological polar surface area (TPSA) is 126 Å². The molecule has 0 radical (unpaired) electrons. The minimum atomic E-state index is -0.886. The van der Waals surface area contributed by atoms with Crippen molar-refractivity contribution in [2.24, 2.45) is 5.73 Å². The summed E-state index contributed by atoms with van der Waals surface area (Å²) in [6.07, 6.45) is 4.05. The van der Waals surface area contributed by atoms with Crippen molar-refractivity contribution in [3.8, 4) is 11.4 Å². The number of hydrogen-bond acceptors (Lipinski definition) is 5. The molecule has 2 aromatic carbocycles. The molecule has 5 N–H and O–H groups in total. The van der Waals surface area contributed by atoms with E-state index in [2.05, 4.69) is 20.3 Å². The number of nitrogens with zero attached hydrogens (tertiary/aromatic N) is 1. The van der Waals surface area contributed by atoms with Crippen LogP contribution in [0, 0.1) is 6.92 Å². The van der Waals surface area contributed by atoms with Gasteiger partial charge in [0.2, 0.25) is 5.91 Å². The number of fused-ring (bicyclic) bond motifs is 1. The number of H-pyrrole nitrogens is 2. The molecule has 0 spiro atoms. The molecule has 4 rings (SSSR count). The molecular weight excluding hydrogens is 418 g/mol. The van der Waals surface area contributed by atoms with Crippen LogP contribution in [0.3, 0.4) is 0 Å². The number of methoxy groups -OCH3 is 1. The lowest BCUT2D eigenvalue weighted by Crippen LogP contribution is -2.50. The van der Waals surface area contributed by atoms with E-state index in [0.717, 1.165) is 27.6 Å². The van der Waals surface area contributed by atoms with E-state index < -0.39 is 24.0 Å². The summed E-state index contributed by atoms with van der Waals surface area (Å²) in [5.74, 6) is -0.279. The molecule has 0 aliphatic rings. The monoisotopic (exact) mass is 445 g/mol. The fourth-order valence-corrected chi connectivity index (χ4v) is 3.79. The number of nitrogens with one attached hydrogen (secondary N) is 3. The number of esters is 1. The number of imidazole rings is 1. The Morgan fingerprint density at radius 2 is 1.88 bits per heavy atom. The quantitative estimate of drug-likeness (QED) is 0.310. The van der Waals surface area contributed by atoms with Crippen molar-refractivity contribution < 1.29 is 14.3 Å². The first kappa shape index (κ1) is 22.3. The maximum absolute atomic E-state index is 12.8. The molecule has 2 heterocycles. The molecule has 33 heavy (non-hydrogen) atoms. The molecule has 0 aliphatic carbocycles. The number of aromatic nitrogens is 3. The first-order valence-electron chi connectivity index (χ1n) is 10.7. The summed E-state index contributed by atoms with van der Waals surface area (Å²) in [5, 5.41) is 3.76. The third kappa shape index (κ3) is 5.12. The summed E-state index contributed by atoms with van der Waals surface area (Å²) in [6, 6.07) is 14.1. The van der Waals surface area contributed by atoms with Gasteiger partial charge in [-0.05, 0) is 25.0 Å². The van der Waals surface area contributed by atoms with Crippen LogP contribution in [0.15, 0.2) is 60.9 Å². The van der Waals surface area contributed by atoms with Gasteiger partial charge in [0.1, 0.15) is 11.9 Å². The van der Waals surface area contributed by atoms with Crippen LogP contribution in [-0.2, 0) is 27.2 Å². The molecule has 0 bridgehead atoms. The molecule has 1 amide bonds. The number of ether oxygens (including phenoxy) is 1. The molecule has 0 unspecified atom stereocenters. The summed E-state index contributed by atoms with van der Waals surface area (Å²) in [6.45, 7) is 2.02. The summed E-state index contributed by atoms with van der Waals surface area (Å²) in [4.78, 5) is 36.0. The number of nitrogens with two attached hydrogens (primary N) is 1. The maximum Gasteiger partial charge on any atom is 0.328 e. The number of rotatable bonds is 8. The third-order valence-corrected chi connectivity index (χ3v) is 5.63. The molecule has 8 nitrogen and oxygen atoms in total. The zero-order chi connectivity index (χ0) is 23.4. The van der Waals surface area contributed by atoms with Gasteiger partial charge in [0.25, 0.3) is 0 Å². The Morgan fingerprint density at radius 1 is 1.12 bits per heavy atom. The van der Waals surface area contributed by atoms with E-state index in [-0.39, 0.29) is 6.42 Å². The van der Waals surface area contributed by atoms with Crippen molar-refractivity contribution in [3.05, 3.63) is 77.7 Å². The molecule has 2 atom stereocenters. The largest absolute Gasteiger partial charge is 0.467 e. The van der Waals surface area contributed by atoms with Gasteiger partial charge in [-0.2, -0.15) is 0 Å². The van der Waals surface area contributed by atoms with Gasteiger partial charge in [0, 0.05) is 41.0 Å². The molecule has 2 aromatic heterocycles. The fraction of sp³-hybridized carbons (Fsp3) is 0.240. The van der Waals surface area contributed by atoms with Gasteiger partial charge in [-0.3, -0.25) is 4.79 Å². The molecule has 0 saturated carbocycles. The van der Waals surface area contributed by atoms with Crippen LogP contribution in [-0.4, -0.2) is 46.0 Å². The lowest BCUT2D eigenvalue weighted by molar-refractivity contribution is -0.145. The lowest BCUT2D eigenvalue weighted by atomic mass is 10.0. The van der Waals surface area contributed by atoms with Gasteiger partial charge in [0.15, 0.2) is 0 Å². The number of carbonyl (C=O) groups excluding carboxylic acids is 2. The van der Waals surface area contributed by atoms with E-state index in [1.165, 1.54) is 7.11 Å². The summed E-state index contributed by atoms with van der Waals surface area (Å²) < 4.78 is 4.90. The minimum absolute atomic E-state index is 0.205. The van der Waals surface area contributed by atoms with E-state index in [0.29, 0.717) is 17.9 Å². The molecule has 170 valence electrons. The highest BCUT2D eigenvalue weighted by atomic mass is 16.5. The van der Waals surface area contributed by atoms with Crippen LogP contribution in [0.4, 0.5) is 0 Å². The Morgan fingerprint density at radius 3 is 2.64 bits per heavy atom. The Bertz CT molecular complexity index is 1260. The van der Waals surface area contributed by atoms with E-state index in [4.69, 9.17) is 10.5 Å². The van der Waals surface area contributed by atoms with Crippen molar-refractivity contribution in [1.82, 2.24) is 20.3 Å². The number of aromatic amines is 2. The van der Waals surface area contributed by atoms with Crippen molar-refractivity contribution in [1.29, 1.82) is 0 Å². The lowest BCUT2D eigenvalue weighted by Gasteiger charge is -2.18. The average Bonchev–Trinajstić information content (AvgIpc) is 3.46. The van der Waals surface area contributed by atoms with Crippen molar-refractivity contribution in [3.63, 3.8) is 0 Å². The highest BCUT2D eigenvalue weighted by molar-refractivity contribution is 5.89. The standard InChI is InChI=1S/C25H27N5O3/c1-15-7-9-16(10-8-15)23-28-14-18(29-23)12-22(25(32)33-2)30-24(31)20(26)11-17-13-27-21-6-4-3-5-19(17)21/h3-10,13-14,20,22,27H,11-12,26H2,1-2H3,(H,28,29)(H,30,31)/t20-,22-/m0/s1. The zero-order valence-electron chi connectivity index (χ0n) is 18.6. The van der Waals surface area contributed by atoms with Gasteiger partial charge >= 0.3 is 5.97 Å². The van der Waals surface area contributed by atoms with Gasteiger partial charge in [-0.15, -0.1) is 0 Å². The number of para-hydroxylation sites is 1. The van der Waals surface area contributed by atoms with Crippen LogP contribution in [0.1, 0.15) is 16.8 Å². The van der Waals surface area contributed by atoms with Gasteiger partial charge in [-0.25, -0.2) is 9.78 Å². The van der Waals surface area contributed by atoms with Crippen LogP contribution in [0.5, 0.6) is 0 Å². The highest BCUT2D eigenvalue weighted by Gasteiger charge is 2.26. The first-order chi connectivity index (χ1) is 15.9. The summed E-state index contributed by atoms with van der Waals surface area (Å²) >= 11 is 0. The molecule has 8 heteroatoms. The molecule has 4 aromatic rings. The number of aryl methyl sites for hydroxylation is 1. The Hall–Kier alpha value is -3.91. The summed E-state index contributed by atoms with van der Waals surface area (Å²) in [5.41, 5.74) is 10.9. The predicted molar refractivity (Wildman–Crippen MR) is 126 cm³/mol. The molecule has 0 saturated heterocycles. The second-order valence-electron chi connectivity index (χ2n) is 8.08. The van der Waals surface area contributed by atoms with Crippen molar-refractivity contribution in [2.75, 3.05) is 7.11 Å². The number of carbonyl (C=O) groups is 2. The molecule has 0 fully saturated rings. The average molecular weight is 446 g/mol. The fourth-order valence-electron chi connectivity index (χ4n) is 3.79. The van der Waals surface area contributed by atoms with Crippen LogP contribution in [0.2, 0.25) is 0 Å². The highest BCUT2D eigenvalue weighted by Crippen LogP contribution is 2.19. The van der Waals surface area contributed by atoms with Gasteiger partial charge < -0.3 is 25.8 Å². The Kier molecular flexibility index (Phi) is 6.55. The minimum Gasteiger partial charge on any atom is -0.467 e. The summed E-state index contributed by atoms with van der Waals surface area (Å²) in [7, 11) is 1.29.